The van der Waals surface area contributed by atoms with E-state index in [-0.39, 0.29) is 17.8 Å². The lowest BCUT2D eigenvalue weighted by Gasteiger charge is -2.50. The molecule has 4 atom stereocenters. The predicted molar refractivity (Wildman–Crippen MR) is 124 cm³/mol. The number of fused-ring (bicyclic) bond motifs is 3. The fraction of sp³-hybridized carbons (Fsp3) is 0.320. The molecule has 180 valence electrons. The third-order valence-electron chi connectivity index (χ3n) is 7.31. The average molecular weight is 476 g/mol. The Kier molecular flexibility index (Phi) is 5.11. The van der Waals surface area contributed by atoms with Crippen molar-refractivity contribution in [2.24, 2.45) is 17.6 Å². The molecule has 5 N–H and O–H groups in total. The van der Waals surface area contributed by atoms with Crippen molar-refractivity contribution in [3.8, 4) is 11.4 Å². The van der Waals surface area contributed by atoms with Gasteiger partial charge >= 0.3 is 0 Å². The molecule has 0 saturated heterocycles. The molecule has 10 nitrogen and oxygen atoms in total. The first-order valence-corrected chi connectivity index (χ1v) is 11.1. The smallest absolute Gasteiger partial charge is 0.255 e. The Morgan fingerprint density at radius 2 is 1.77 bits per heavy atom. The van der Waals surface area contributed by atoms with Crippen molar-refractivity contribution in [2.75, 3.05) is 14.1 Å². The van der Waals surface area contributed by atoms with E-state index in [0.717, 1.165) is 5.56 Å². The highest BCUT2D eigenvalue weighted by molar-refractivity contribution is 6.24. The zero-order valence-electron chi connectivity index (χ0n) is 19.1. The molecule has 1 heterocycles. The van der Waals surface area contributed by atoms with Crippen LogP contribution in [0.2, 0.25) is 0 Å². The van der Waals surface area contributed by atoms with Gasteiger partial charge in [-0.2, -0.15) is 0 Å². The summed E-state index contributed by atoms with van der Waals surface area (Å²) >= 11 is 0. The van der Waals surface area contributed by atoms with E-state index in [1.807, 2.05) is 6.07 Å². The number of carbonyl (C=O) groups excluding carboxylic acids is 3. The highest BCUT2D eigenvalue weighted by atomic mass is 16.3. The molecule has 10 heteroatoms. The van der Waals surface area contributed by atoms with Crippen molar-refractivity contribution in [2.45, 2.75) is 24.5 Å². The van der Waals surface area contributed by atoms with Gasteiger partial charge in [-0.05, 0) is 44.5 Å². The van der Waals surface area contributed by atoms with Gasteiger partial charge in [0.05, 0.1) is 6.04 Å². The number of primary amides is 1. The first-order valence-electron chi connectivity index (χ1n) is 11.1. The Morgan fingerprint density at radius 3 is 2.40 bits per heavy atom. The SMILES string of the molecule is CN(C)[C@@H]1C(=O)C(C(N)=O)=C(O)[C@@]2(O)C(=O)C3=C(O)c4cccc(-c5ncccn5)c4C[C@H]3C[C@@H]12. The van der Waals surface area contributed by atoms with Crippen LogP contribution >= 0.6 is 0 Å². The monoisotopic (exact) mass is 476 g/mol. The summed E-state index contributed by atoms with van der Waals surface area (Å²) in [5, 5.41) is 33.7. The van der Waals surface area contributed by atoms with Gasteiger partial charge in [0.25, 0.3) is 5.91 Å². The summed E-state index contributed by atoms with van der Waals surface area (Å²) in [6, 6.07) is 5.79. The molecular formula is C25H24N4O6. The van der Waals surface area contributed by atoms with E-state index >= 15 is 0 Å². The normalized spacial score (nSPS) is 28.1. The maximum atomic E-state index is 13.8. The summed E-state index contributed by atoms with van der Waals surface area (Å²) in [6.45, 7) is 0. The Hall–Kier alpha value is -3.89. The highest BCUT2D eigenvalue weighted by Crippen LogP contribution is 2.52. The van der Waals surface area contributed by atoms with Crippen LogP contribution in [-0.2, 0) is 20.8 Å². The lowest BCUT2D eigenvalue weighted by atomic mass is 9.57. The molecule has 35 heavy (non-hydrogen) atoms. The number of aliphatic hydroxyl groups is 3. The van der Waals surface area contributed by atoms with E-state index in [0.29, 0.717) is 23.4 Å². The first kappa shape index (κ1) is 22.9. The van der Waals surface area contributed by atoms with E-state index in [9.17, 15) is 29.7 Å². The second-order valence-corrected chi connectivity index (χ2v) is 9.37. The van der Waals surface area contributed by atoms with Crippen molar-refractivity contribution in [3.63, 3.8) is 0 Å². The van der Waals surface area contributed by atoms with Gasteiger partial charge in [-0.3, -0.25) is 19.3 Å². The molecule has 5 rings (SSSR count). The largest absolute Gasteiger partial charge is 0.508 e. The number of benzene rings is 1. The quantitative estimate of drug-likeness (QED) is 0.467. The highest BCUT2D eigenvalue weighted by Gasteiger charge is 2.64. The second-order valence-electron chi connectivity index (χ2n) is 9.37. The summed E-state index contributed by atoms with van der Waals surface area (Å²) in [5.41, 5.74) is 3.75. The summed E-state index contributed by atoms with van der Waals surface area (Å²) in [5.74, 6) is -5.47. The summed E-state index contributed by atoms with van der Waals surface area (Å²) < 4.78 is 0. The van der Waals surface area contributed by atoms with E-state index in [1.165, 1.54) is 4.90 Å². The Labute approximate surface area is 200 Å². The number of carbonyl (C=O) groups is 3. The maximum absolute atomic E-state index is 13.8. The molecule has 3 aliphatic carbocycles. The van der Waals surface area contributed by atoms with E-state index in [4.69, 9.17) is 5.73 Å². The number of aromatic nitrogens is 2. The van der Waals surface area contributed by atoms with Gasteiger partial charge in [0, 0.05) is 35.0 Å². The molecule has 0 spiro atoms. The van der Waals surface area contributed by atoms with Gasteiger partial charge in [0.1, 0.15) is 17.1 Å². The standard InChI is InChI=1S/C25H24N4O6/c1-29(2)18-15-10-11-9-14-12(5-3-6-13(14)24-27-7-4-8-28-24)19(30)16(11)21(32)25(15,35)22(33)17(20(18)31)23(26)34/h3-8,11,15,18,30,33,35H,9-10H2,1-2H3,(H2,26,34)/t11-,15-,18-,25-/m0/s1. The van der Waals surface area contributed by atoms with Crippen LogP contribution in [-0.4, -0.2) is 73.4 Å². The van der Waals surface area contributed by atoms with E-state index in [1.54, 1.807) is 44.7 Å². The molecular weight excluding hydrogens is 452 g/mol. The molecule has 0 radical (unpaired) electrons. The number of aliphatic hydroxyl groups excluding tert-OH is 2. The molecule has 0 bridgehead atoms. The lowest BCUT2D eigenvalue weighted by Crippen LogP contribution is -2.65. The fourth-order valence-electron chi connectivity index (χ4n) is 5.82. The third-order valence-corrected chi connectivity index (χ3v) is 7.31. The number of amides is 1. The van der Waals surface area contributed by atoms with Crippen LogP contribution in [0.4, 0.5) is 0 Å². The topological polar surface area (TPSA) is 167 Å². The molecule has 1 aromatic carbocycles. The molecule has 0 aliphatic heterocycles. The number of Topliss-reactive ketones (excluding diaryl/α,β-unsaturated/α-hetero) is 2. The second kappa shape index (κ2) is 7.82. The molecule has 0 unspecified atom stereocenters. The molecule has 1 aromatic heterocycles. The zero-order valence-corrected chi connectivity index (χ0v) is 19.1. The number of hydrogen-bond acceptors (Lipinski definition) is 9. The molecule has 1 saturated carbocycles. The summed E-state index contributed by atoms with van der Waals surface area (Å²) in [4.78, 5) is 49.0. The van der Waals surface area contributed by atoms with Gasteiger partial charge in [-0.1, -0.05) is 18.2 Å². The molecule has 1 amide bonds. The van der Waals surface area contributed by atoms with Gasteiger partial charge in [0.15, 0.2) is 17.2 Å². The minimum Gasteiger partial charge on any atom is -0.508 e. The average Bonchev–Trinajstić information content (AvgIpc) is 2.81. The van der Waals surface area contributed by atoms with Gasteiger partial charge in [-0.15, -0.1) is 0 Å². The van der Waals surface area contributed by atoms with Crippen LogP contribution < -0.4 is 5.73 Å². The van der Waals surface area contributed by atoms with E-state index in [2.05, 4.69) is 9.97 Å². The van der Waals surface area contributed by atoms with Crippen molar-refractivity contribution < 1.29 is 29.7 Å². The van der Waals surface area contributed by atoms with Crippen molar-refractivity contribution in [1.29, 1.82) is 0 Å². The van der Waals surface area contributed by atoms with Crippen molar-refractivity contribution >= 4 is 23.2 Å². The van der Waals surface area contributed by atoms with Gasteiger partial charge in [-0.25, -0.2) is 9.97 Å². The van der Waals surface area contributed by atoms with Gasteiger partial charge in [0.2, 0.25) is 5.78 Å². The molecule has 3 aliphatic rings. The Morgan fingerprint density at radius 1 is 1.11 bits per heavy atom. The van der Waals surface area contributed by atoms with Crippen LogP contribution in [0.3, 0.4) is 0 Å². The van der Waals surface area contributed by atoms with Crippen LogP contribution in [0.1, 0.15) is 17.5 Å². The minimum absolute atomic E-state index is 0.0513. The molecule has 1 fully saturated rings. The number of rotatable bonds is 3. The number of nitrogens with two attached hydrogens (primary N) is 1. The lowest BCUT2D eigenvalue weighted by molar-refractivity contribution is -0.153. The summed E-state index contributed by atoms with van der Waals surface area (Å²) in [6.07, 6.45) is 3.63. The number of likely N-dealkylation sites (N-methyl/N-ethyl adjacent to an activating group) is 1. The fourth-order valence-corrected chi connectivity index (χ4v) is 5.82. The summed E-state index contributed by atoms with van der Waals surface area (Å²) in [7, 11) is 3.16. The number of nitrogens with zero attached hydrogens (tertiary/aromatic N) is 3. The van der Waals surface area contributed by atoms with Gasteiger partial charge < -0.3 is 21.1 Å². The first-order chi connectivity index (χ1) is 16.6. The minimum atomic E-state index is -2.58. The third kappa shape index (κ3) is 3.06. The Bertz CT molecular complexity index is 1350. The Balaban J connectivity index is 1.72. The predicted octanol–water partition coefficient (Wildman–Crippen LogP) is 0.715. The maximum Gasteiger partial charge on any atom is 0.255 e. The van der Waals surface area contributed by atoms with Crippen LogP contribution in [0.15, 0.2) is 53.6 Å². The van der Waals surface area contributed by atoms with Crippen LogP contribution in [0.25, 0.3) is 17.1 Å². The number of ketones is 2. The van der Waals surface area contributed by atoms with Crippen LogP contribution in [0.5, 0.6) is 0 Å². The van der Waals surface area contributed by atoms with Crippen molar-refractivity contribution in [3.05, 3.63) is 64.7 Å². The van der Waals surface area contributed by atoms with E-state index < -0.39 is 52.3 Å². The van der Waals surface area contributed by atoms with Crippen molar-refractivity contribution in [1.82, 2.24) is 14.9 Å². The molecule has 2 aromatic rings. The number of hydrogen-bond donors (Lipinski definition) is 4. The zero-order chi connectivity index (χ0) is 25.2. The van der Waals surface area contributed by atoms with Crippen LogP contribution in [0, 0.1) is 11.8 Å².